The van der Waals surface area contributed by atoms with E-state index in [0.717, 1.165) is 31.4 Å². The van der Waals surface area contributed by atoms with Gasteiger partial charge in [-0.15, -0.1) is 0 Å². The number of hydrogen-bond donors (Lipinski definition) is 1. The number of aromatic nitrogens is 1. The average Bonchev–Trinajstić information content (AvgIpc) is 3.19. The lowest BCUT2D eigenvalue weighted by Crippen LogP contribution is -2.31. The molecule has 0 atom stereocenters. The minimum Gasteiger partial charge on any atom is -0.381 e. The van der Waals surface area contributed by atoms with Crippen molar-refractivity contribution in [3.63, 3.8) is 0 Å². The molecule has 4 nitrogen and oxygen atoms in total. The van der Waals surface area contributed by atoms with E-state index in [1.807, 2.05) is 0 Å². The lowest BCUT2D eigenvalue weighted by atomic mass is 10.2. The number of likely N-dealkylation sites (N-methyl/N-ethyl adjacent to an activating group) is 1. The lowest BCUT2D eigenvalue weighted by Gasteiger charge is -2.20. The maximum absolute atomic E-state index is 8.94. The molecule has 1 heterocycles. The number of nitriles is 1. The molecular formula is C13H18N4. The first-order chi connectivity index (χ1) is 8.35. The fraction of sp³-hybridized carbons (Fsp3) is 0.538. The summed E-state index contributed by atoms with van der Waals surface area (Å²) in [6.45, 7) is 5.19. The van der Waals surface area contributed by atoms with Gasteiger partial charge in [-0.2, -0.15) is 5.26 Å². The zero-order valence-corrected chi connectivity index (χ0v) is 10.2. The summed E-state index contributed by atoms with van der Waals surface area (Å²) in [6.07, 6.45) is 6.03. The number of nitrogens with zero attached hydrogens (tertiary/aromatic N) is 3. The maximum atomic E-state index is 8.94. The molecule has 1 aromatic rings. The van der Waals surface area contributed by atoms with Crippen LogP contribution in [0.15, 0.2) is 18.5 Å². The molecule has 0 radical (unpaired) electrons. The van der Waals surface area contributed by atoms with Crippen molar-refractivity contribution in [2.45, 2.75) is 25.8 Å². The SMILES string of the molecule is CCN(CCNc1cnccc1C#N)C1CC1. The number of pyridine rings is 1. The van der Waals surface area contributed by atoms with Crippen molar-refractivity contribution in [2.24, 2.45) is 0 Å². The molecular weight excluding hydrogens is 212 g/mol. The lowest BCUT2D eigenvalue weighted by molar-refractivity contribution is 0.289. The highest BCUT2D eigenvalue weighted by molar-refractivity contribution is 5.55. The van der Waals surface area contributed by atoms with Crippen molar-refractivity contribution in [3.8, 4) is 6.07 Å². The van der Waals surface area contributed by atoms with E-state index in [9.17, 15) is 0 Å². The summed E-state index contributed by atoms with van der Waals surface area (Å²) < 4.78 is 0. The standard InChI is InChI=1S/C13H18N4/c1-2-17(12-3-4-12)8-7-16-13-10-15-6-5-11(13)9-14/h5-6,10,12,16H,2-4,7-8H2,1H3. The Morgan fingerprint density at radius 2 is 2.41 bits per heavy atom. The summed E-state index contributed by atoms with van der Waals surface area (Å²) in [7, 11) is 0. The molecule has 2 rings (SSSR count). The highest BCUT2D eigenvalue weighted by Gasteiger charge is 2.27. The first kappa shape index (κ1) is 11.9. The van der Waals surface area contributed by atoms with Crippen LogP contribution in [0, 0.1) is 11.3 Å². The van der Waals surface area contributed by atoms with Gasteiger partial charge in [0.2, 0.25) is 0 Å². The minimum absolute atomic E-state index is 0.662. The first-order valence-corrected chi connectivity index (χ1v) is 6.17. The summed E-state index contributed by atoms with van der Waals surface area (Å²) in [4.78, 5) is 6.51. The van der Waals surface area contributed by atoms with E-state index in [4.69, 9.17) is 5.26 Å². The first-order valence-electron chi connectivity index (χ1n) is 6.17. The maximum Gasteiger partial charge on any atom is 0.101 e. The van der Waals surface area contributed by atoms with Gasteiger partial charge >= 0.3 is 0 Å². The van der Waals surface area contributed by atoms with Crippen molar-refractivity contribution >= 4 is 5.69 Å². The van der Waals surface area contributed by atoms with Crippen LogP contribution in [0.4, 0.5) is 5.69 Å². The molecule has 0 amide bonds. The Bertz CT molecular complexity index is 406. The summed E-state index contributed by atoms with van der Waals surface area (Å²) in [5.74, 6) is 0. The van der Waals surface area contributed by atoms with Crippen molar-refractivity contribution < 1.29 is 0 Å². The number of nitrogens with one attached hydrogen (secondary N) is 1. The molecule has 0 aliphatic heterocycles. The second-order valence-electron chi connectivity index (χ2n) is 4.32. The van der Waals surface area contributed by atoms with Gasteiger partial charge in [0.15, 0.2) is 0 Å². The van der Waals surface area contributed by atoms with Crippen LogP contribution in [-0.2, 0) is 0 Å². The van der Waals surface area contributed by atoms with E-state index in [2.05, 4.69) is 28.2 Å². The highest BCUT2D eigenvalue weighted by Crippen LogP contribution is 2.26. The van der Waals surface area contributed by atoms with E-state index in [0.29, 0.717) is 5.56 Å². The van der Waals surface area contributed by atoms with Crippen LogP contribution in [0.2, 0.25) is 0 Å². The van der Waals surface area contributed by atoms with Gasteiger partial charge in [-0.1, -0.05) is 6.92 Å². The molecule has 0 bridgehead atoms. The van der Waals surface area contributed by atoms with E-state index in [-0.39, 0.29) is 0 Å². The van der Waals surface area contributed by atoms with Gasteiger partial charge in [-0.05, 0) is 25.5 Å². The summed E-state index contributed by atoms with van der Waals surface area (Å²) in [5.41, 5.74) is 1.50. The van der Waals surface area contributed by atoms with Crippen LogP contribution < -0.4 is 5.32 Å². The molecule has 1 fully saturated rings. The van der Waals surface area contributed by atoms with Gasteiger partial charge in [0, 0.05) is 25.3 Å². The van der Waals surface area contributed by atoms with E-state index in [1.54, 1.807) is 18.5 Å². The van der Waals surface area contributed by atoms with Crippen LogP contribution in [0.1, 0.15) is 25.3 Å². The third-order valence-electron chi connectivity index (χ3n) is 3.13. The van der Waals surface area contributed by atoms with Gasteiger partial charge in [-0.3, -0.25) is 9.88 Å². The molecule has 4 heteroatoms. The summed E-state index contributed by atoms with van der Waals surface area (Å²) >= 11 is 0. The summed E-state index contributed by atoms with van der Waals surface area (Å²) in [6, 6.07) is 4.70. The van der Waals surface area contributed by atoms with Crippen LogP contribution >= 0.6 is 0 Å². The van der Waals surface area contributed by atoms with Crippen molar-refractivity contribution in [3.05, 3.63) is 24.0 Å². The van der Waals surface area contributed by atoms with E-state index in [1.165, 1.54) is 12.8 Å². The second kappa shape index (κ2) is 5.65. The fourth-order valence-corrected chi connectivity index (χ4v) is 2.01. The Morgan fingerprint density at radius 1 is 1.59 bits per heavy atom. The molecule has 0 unspecified atom stereocenters. The molecule has 1 N–H and O–H groups in total. The number of hydrogen-bond acceptors (Lipinski definition) is 4. The molecule has 1 aliphatic carbocycles. The zero-order chi connectivity index (χ0) is 12.1. The highest BCUT2D eigenvalue weighted by atomic mass is 15.2. The average molecular weight is 230 g/mol. The van der Waals surface area contributed by atoms with Crippen molar-refractivity contribution in [2.75, 3.05) is 25.0 Å². The third-order valence-corrected chi connectivity index (χ3v) is 3.13. The number of rotatable bonds is 6. The molecule has 17 heavy (non-hydrogen) atoms. The molecule has 1 saturated carbocycles. The van der Waals surface area contributed by atoms with E-state index >= 15 is 0 Å². The molecule has 1 aliphatic rings. The quantitative estimate of drug-likeness (QED) is 0.810. The molecule has 0 spiro atoms. The van der Waals surface area contributed by atoms with Crippen LogP contribution in [0.5, 0.6) is 0 Å². The van der Waals surface area contributed by atoms with Crippen LogP contribution in [-0.4, -0.2) is 35.6 Å². The molecule has 0 aromatic carbocycles. The topological polar surface area (TPSA) is 52.0 Å². The Morgan fingerprint density at radius 3 is 3.06 bits per heavy atom. The van der Waals surface area contributed by atoms with Gasteiger partial charge in [0.1, 0.15) is 6.07 Å². The second-order valence-corrected chi connectivity index (χ2v) is 4.32. The Hall–Kier alpha value is -1.60. The molecule has 90 valence electrons. The largest absolute Gasteiger partial charge is 0.381 e. The Balaban J connectivity index is 1.83. The van der Waals surface area contributed by atoms with Crippen molar-refractivity contribution in [1.82, 2.24) is 9.88 Å². The van der Waals surface area contributed by atoms with Gasteiger partial charge < -0.3 is 5.32 Å². The molecule has 0 saturated heterocycles. The predicted molar refractivity (Wildman–Crippen MR) is 67.7 cm³/mol. The smallest absolute Gasteiger partial charge is 0.101 e. The Labute approximate surface area is 102 Å². The zero-order valence-electron chi connectivity index (χ0n) is 10.2. The van der Waals surface area contributed by atoms with E-state index < -0.39 is 0 Å². The number of anilines is 1. The van der Waals surface area contributed by atoms with Crippen molar-refractivity contribution in [1.29, 1.82) is 5.26 Å². The van der Waals surface area contributed by atoms with Crippen LogP contribution in [0.3, 0.4) is 0 Å². The van der Waals surface area contributed by atoms with Gasteiger partial charge in [-0.25, -0.2) is 0 Å². The normalized spacial score (nSPS) is 14.6. The summed E-state index contributed by atoms with van der Waals surface area (Å²) in [5, 5.41) is 12.2. The van der Waals surface area contributed by atoms with Crippen LogP contribution in [0.25, 0.3) is 0 Å². The third kappa shape index (κ3) is 3.18. The minimum atomic E-state index is 0.662. The van der Waals surface area contributed by atoms with Gasteiger partial charge in [0.05, 0.1) is 17.4 Å². The fourth-order valence-electron chi connectivity index (χ4n) is 2.01. The van der Waals surface area contributed by atoms with Gasteiger partial charge in [0.25, 0.3) is 0 Å². The predicted octanol–water partition coefficient (Wildman–Crippen LogP) is 1.85. The molecule has 1 aromatic heterocycles. The monoisotopic (exact) mass is 230 g/mol. The Kier molecular flexibility index (Phi) is 3.94.